The van der Waals surface area contributed by atoms with Crippen LogP contribution >= 0.6 is 25.3 Å². The van der Waals surface area contributed by atoms with Crippen molar-refractivity contribution >= 4 is 30.2 Å². The summed E-state index contributed by atoms with van der Waals surface area (Å²) in [6, 6.07) is 10.1. The Balaban J connectivity index is 3.00. The Morgan fingerprint density at radius 3 is 2.25 bits per heavy atom. The first kappa shape index (κ1) is 9.75. The summed E-state index contributed by atoms with van der Waals surface area (Å²) in [5, 5.41) is 0. The van der Waals surface area contributed by atoms with Crippen LogP contribution in [0, 0.1) is 0 Å². The molecule has 2 heteroatoms. The lowest BCUT2D eigenvalue weighted by atomic mass is 10.2. The van der Waals surface area contributed by atoms with Gasteiger partial charge in [0.25, 0.3) is 0 Å². The topological polar surface area (TPSA) is 0 Å². The second-order valence-electron chi connectivity index (χ2n) is 2.51. The molecule has 0 aromatic heterocycles. The summed E-state index contributed by atoms with van der Waals surface area (Å²) in [6.45, 7) is 2.07. The molecule has 0 heterocycles. The molecule has 0 saturated heterocycles. The van der Waals surface area contributed by atoms with Gasteiger partial charge in [-0.15, -0.1) is 25.3 Å². The number of hydrogen-bond donors (Lipinski definition) is 2. The molecule has 64 valence electrons. The van der Waals surface area contributed by atoms with Gasteiger partial charge in [-0.3, -0.25) is 0 Å². The molecule has 0 unspecified atom stereocenters. The minimum atomic E-state index is 0.927. The molecule has 1 rings (SSSR count). The average molecular weight is 196 g/mol. The van der Waals surface area contributed by atoms with Crippen LogP contribution in [0.2, 0.25) is 0 Å². The lowest BCUT2D eigenvalue weighted by Crippen LogP contribution is -1.78. The molecule has 0 aliphatic carbocycles. The first-order valence-electron chi connectivity index (χ1n) is 3.92. The Morgan fingerprint density at radius 1 is 1.17 bits per heavy atom. The predicted octanol–water partition coefficient (Wildman–Crippen LogP) is 3.62. The van der Waals surface area contributed by atoms with Crippen LogP contribution in [0.1, 0.15) is 18.9 Å². The van der Waals surface area contributed by atoms with Gasteiger partial charge in [0.15, 0.2) is 0 Å². The molecule has 1 aromatic rings. The Labute approximate surface area is 84.5 Å². The van der Waals surface area contributed by atoms with E-state index in [0.29, 0.717) is 0 Å². The minimum absolute atomic E-state index is 0.927. The monoisotopic (exact) mass is 196 g/mol. The Bertz CT molecular complexity index is 275. The smallest absolute Gasteiger partial charge is 0.0205 e. The highest BCUT2D eigenvalue weighted by molar-refractivity contribution is 7.93. The van der Waals surface area contributed by atoms with Crippen molar-refractivity contribution in [2.24, 2.45) is 0 Å². The van der Waals surface area contributed by atoms with Gasteiger partial charge in [0.05, 0.1) is 0 Å². The molecule has 12 heavy (non-hydrogen) atoms. The molecule has 0 saturated carbocycles. The van der Waals surface area contributed by atoms with Gasteiger partial charge in [-0.25, -0.2) is 0 Å². The lowest BCUT2D eigenvalue weighted by molar-refractivity contribution is 1.21. The maximum absolute atomic E-state index is 4.40. The van der Waals surface area contributed by atoms with Crippen LogP contribution in [-0.4, -0.2) is 0 Å². The zero-order valence-corrected chi connectivity index (χ0v) is 8.78. The molecule has 0 N–H and O–H groups in total. The van der Waals surface area contributed by atoms with E-state index in [1.54, 1.807) is 0 Å². The maximum Gasteiger partial charge on any atom is 0.0205 e. The van der Waals surface area contributed by atoms with E-state index < -0.39 is 0 Å². The lowest BCUT2D eigenvalue weighted by Gasteiger charge is -2.03. The zero-order chi connectivity index (χ0) is 8.97. The second kappa shape index (κ2) is 4.63. The molecule has 0 bridgehead atoms. The molecule has 0 atom stereocenters. The molecular formula is C10H12S2. The standard InChI is InChI=1S/C10H12S2/c1-2-9(11)10(12)8-6-4-3-5-7-8/h3-7,11-12H,2H2,1H3. The number of thiol groups is 2. The van der Waals surface area contributed by atoms with Crippen LogP contribution in [0.25, 0.3) is 4.91 Å². The van der Waals surface area contributed by atoms with Gasteiger partial charge in [0.1, 0.15) is 0 Å². The quantitative estimate of drug-likeness (QED) is 0.663. The summed E-state index contributed by atoms with van der Waals surface area (Å²) >= 11 is 8.74. The normalized spacial score (nSPS) is 12.6. The molecule has 0 amide bonds. The van der Waals surface area contributed by atoms with E-state index >= 15 is 0 Å². The van der Waals surface area contributed by atoms with E-state index in [-0.39, 0.29) is 0 Å². The van der Waals surface area contributed by atoms with Crippen LogP contribution in [0.15, 0.2) is 35.2 Å². The first-order valence-corrected chi connectivity index (χ1v) is 4.81. The van der Waals surface area contributed by atoms with Crippen LogP contribution in [0.3, 0.4) is 0 Å². The average Bonchev–Trinajstić information content (AvgIpc) is 2.17. The number of rotatable bonds is 2. The molecular weight excluding hydrogens is 184 g/mol. The third-order valence-corrected chi connectivity index (χ3v) is 2.90. The molecule has 0 fully saturated rings. The van der Waals surface area contributed by atoms with E-state index in [4.69, 9.17) is 0 Å². The van der Waals surface area contributed by atoms with Crippen molar-refractivity contribution in [3.63, 3.8) is 0 Å². The van der Waals surface area contributed by atoms with Crippen molar-refractivity contribution in [1.82, 2.24) is 0 Å². The van der Waals surface area contributed by atoms with Crippen LogP contribution < -0.4 is 0 Å². The summed E-state index contributed by atoms with van der Waals surface area (Å²) in [7, 11) is 0. The highest BCUT2D eigenvalue weighted by Crippen LogP contribution is 2.25. The molecule has 1 aromatic carbocycles. The van der Waals surface area contributed by atoms with E-state index in [0.717, 1.165) is 21.8 Å². The molecule has 0 spiro atoms. The van der Waals surface area contributed by atoms with E-state index in [1.165, 1.54) is 0 Å². The molecule has 0 nitrogen and oxygen atoms in total. The number of benzene rings is 1. The van der Waals surface area contributed by atoms with Gasteiger partial charge in [-0.05, 0) is 16.9 Å². The van der Waals surface area contributed by atoms with Crippen molar-refractivity contribution in [3.8, 4) is 0 Å². The summed E-state index contributed by atoms with van der Waals surface area (Å²) in [5.41, 5.74) is 1.13. The Kier molecular flexibility index (Phi) is 3.76. The van der Waals surface area contributed by atoms with E-state index in [1.807, 2.05) is 30.3 Å². The highest BCUT2D eigenvalue weighted by atomic mass is 32.1. The Morgan fingerprint density at radius 2 is 1.75 bits per heavy atom. The molecule has 0 radical (unpaired) electrons. The SMILES string of the molecule is CCC(S)=C(S)c1ccccc1. The van der Waals surface area contributed by atoms with Crippen LogP contribution in [0.4, 0.5) is 0 Å². The van der Waals surface area contributed by atoms with Crippen molar-refractivity contribution in [3.05, 3.63) is 40.8 Å². The van der Waals surface area contributed by atoms with Gasteiger partial charge in [0.2, 0.25) is 0 Å². The maximum atomic E-state index is 4.40. The highest BCUT2D eigenvalue weighted by Gasteiger charge is 1.98. The van der Waals surface area contributed by atoms with Crippen molar-refractivity contribution in [1.29, 1.82) is 0 Å². The predicted molar refractivity (Wildman–Crippen MR) is 61.6 cm³/mol. The van der Waals surface area contributed by atoms with Crippen molar-refractivity contribution in [2.45, 2.75) is 13.3 Å². The van der Waals surface area contributed by atoms with Gasteiger partial charge in [0, 0.05) is 4.91 Å². The summed E-state index contributed by atoms with van der Waals surface area (Å²) in [5.74, 6) is 0. The third kappa shape index (κ3) is 2.32. The molecule has 0 aliphatic heterocycles. The third-order valence-electron chi connectivity index (χ3n) is 1.66. The fraction of sp³-hybridized carbons (Fsp3) is 0.200. The Hall–Kier alpha value is -0.340. The van der Waals surface area contributed by atoms with Gasteiger partial charge >= 0.3 is 0 Å². The van der Waals surface area contributed by atoms with Gasteiger partial charge < -0.3 is 0 Å². The van der Waals surface area contributed by atoms with Crippen molar-refractivity contribution < 1.29 is 0 Å². The fourth-order valence-corrected chi connectivity index (χ4v) is 1.37. The minimum Gasteiger partial charge on any atom is -0.147 e. The molecule has 0 aliphatic rings. The summed E-state index contributed by atoms with van der Waals surface area (Å²) in [6.07, 6.45) is 0.927. The largest absolute Gasteiger partial charge is 0.147 e. The van der Waals surface area contributed by atoms with E-state index in [2.05, 4.69) is 32.2 Å². The first-order chi connectivity index (χ1) is 5.75. The van der Waals surface area contributed by atoms with Crippen LogP contribution in [0.5, 0.6) is 0 Å². The fourth-order valence-electron chi connectivity index (χ4n) is 0.930. The summed E-state index contributed by atoms with van der Waals surface area (Å²) < 4.78 is 0. The zero-order valence-electron chi connectivity index (χ0n) is 6.99. The van der Waals surface area contributed by atoms with Gasteiger partial charge in [-0.2, -0.15) is 0 Å². The number of hydrogen-bond acceptors (Lipinski definition) is 2. The number of allylic oxidation sites excluding steroid dienone is 1. The van der Waals surface area contributed by atoms with Crippen molar-refractivity contribution in [2.75, 3.05) is 0 Å². The van der Waals surface area contributed by atoms with Crippen LogP contribution in [-0.2, 0) is 0 Å². The van der Waals surface area contributed by atoms with E-state index in [9.17, 15) is 0 Å². The van der Waals surface area contributed by atoms with Gasteiger partial charge in [-0.1, -0.05) is 37.3 Å². The second-order valence-corrected chi connectivity index (χ2v) is 3.50. The summed E-state index contributed by atoms with van der Waals surface area (Å²) in [4.78, 5) is 2.01.